The van der Waals surface area contributed by atoms with Crippen LogP contribution >= 0.6 is 0 Å². The van der Waals surface area contributed by atoms with Gasteiger partial charge < -0.3 is 5.73 Å². The van der Waals surface area contributed by atoms with E-state index >= 15 is 0 Å². The lowest BCUT2D eigenvalue weighted by Gasteiger charge is -2.39. The number of nitrogens with two attached hydrogens (primary N) is 1. The summed E-state index contributed by atoms with van der Waals surface area (Å²) in [6.07, 6.45) is 6.84. The van der Waals surface area contributed by atoms with E-state index in [2.05, 4.69) is 27.7 Å². The third kappa shape index (κ3) is 2.08. The van der Waals surface area contributed by atoms with Crippen LogP contribution in [0.15, 0.2) is 0 Å². The molecule has 2 rings (SSSR count). The van der Waals surface area contributed by atoms with Crippen molar-refractivity contribution in [2.24, 2.45) is 28.9 Å². The highest BCUT2D eigenvalue weighted by Crippen LogP contribution is 2.53. The number of hydrogen-bond acceptors (Lipinski definition) is 1. The summed E-state index contributed by atoms with van der Waals surface area (Å²) in [5, 5.41) is 0. The van der Waals surface area contributed by atoms with Crippen molar-refractivity contribution in [3.8, 4) is 0 Å². The zero-order valence-corrected chi connectivity index (χ0v) is 10.8. The van der Waals surface area contributed by atoms with Crippen LogP contribution in [0.2, 0.25) is 0 Å². The number of rotatable bonds is 1. The molecule has 0 radical (unpaired) electrons. The van der Waals surface area contributed by atoms with Crippen molar-refractivity contribution in [3.63, 3.8) is 0 Å². The monoisotopic (exact) mass is 209 g/mol. The van der Waals surface area contributed by atoms with Gasteiger partial charge in [-0.1, -0.05) is 27.7 Å². The molecule has 15 heavy (non-hydrogen) atoms. The SMILES string of the molecule is CC1CC1(N)C1CCC(C(C)(C)C)CC1. The third-order valence-electron chi connectivity index (χ3n) is 5.13. The fourth-order valence-corrected chi connectivity index (χ4v) is 3.54. The summed E-state index contributed by atoms with van der Waals surface area (Å²) in [5.74, 6) is 2.53. The van der Waals surface area contributed by atoms with Gasteiger partial charge in [0, 0.05) is 5.54 Å². The van der Waals surface area contributed by atoms with Gasteiger partial charge in [-0.25, -0.2) is 0 Å². The van der Waals surface area contributed by atoms with Crippen molar-refractivity contribution in [3.05, 3.63) is 0 Å². The molecule has 0 aromatic heterocycles. The van der Waals surface area contributed by atoms with Gasteiger partial charge in [-0.3, -0.25) is 0 Å². The Bertz CT molecular complexity index is 232. The van der Waals surface area contributed by atoms with Crippen LogP contribution in [0.3, 0.4) is 0 Å². The molecule has 88 valence electrons. The van der Waals surface area contributed by atoms with Crippen LogP contribution in [0, 0.1) is 23.2 Å². The Labute approximate surface area is 94.8 Å². The van der Waals surface area contributed by atoms with Crippen molar-refractivity contribution in [2.45, 2.75) is 65.3 Å². The predicted octanol–water partition coefficient (Wildman–Crippen LogP) is 3.58. The lowest BCUT2D eigenvalue weighted by atomic mass is 9.68. The molecule has 2 atom stereocenters. The van der Waals surface area contributed by atoms with E-state index in [0.717, 1.165) is 17.8 Å². The summed E-state index contributed by atoms with van der Waals surface area (Å²) < 4.78 is 0. The van der Waals surface area contributed by atoms with E-state index in [0.29, 0.717) is 5.41 Å². The highest BCUT2D eigenvalue weighted by molar-refractivity contribution is 5.10. The van der Waals surface area contributed by atoms with Crippen LogP contribution in [0.1, 0.15) is 59.8 Å². The first-order chi connectivity index (χ1) is 6.84. The molecule has 2 saturated carbocycles. The van der Waals surface area contributed by atoms with Gasteiger partial charge in [-0.05, 0) is 55.3 Å². The molecule has 0 bridgehead atoms. The van der Waals surface area contributed by atoms with Crippen LogP contribution in [0.25, 0.3) is 0 Å². The summed E-state index contributed by atoms with van der Waals surface area (Å²) in [6.45, 7) is 9.47. The fourth-order valence-electron chi connectivity index (χ4n) is 3.54. The molecule has 0 saturated heterocycles. The highest BCUT2D eigenvalue weighted by atomic mass is 14.9. The molecule has 0 spiro atoms. The molecule has 2 aliphatic carbocycles. The van der Waals surface area contributed by atoms with E-state index in [9.17, 15) is 0 Å². The van der Waals surface area contributed by atoms with Crippen molar-refractivity contribution in [1.82, 2.24) is 0 Å². The minimum Gasteiger partial charge on any atom is -0.325 e. The first-order valence-electron chi connectivity index (χ1n) is 6.63. The second kappa shape index (κ2) is 3.48. The molecular weight excluding hydrogens is 182 g/mol. The maximum Gasteiger partial charge on any atom is 0.0212 e. The van der Waals surface area contributed by atoms with Crippen LogP contribution in [0.4, 0.5) is 0 Å². The first kappa shape index (κ1) is 11.4. The van der Waals surface area contributed by atoms with Gasteiger partial charge in [0.2, 0.25) is 0 Å². The standard InChI is InChI=1S/C14H27N/c1-10-9-14(10,15)12-7-5-11(6-8-12)13(2,3)4/h10-12H,5-9,15H2,1-4H3. The smallest absolute Gasteiger partial charge is 0.0212 e. The van der Waals surface area contributed by atoms with E-state index in [-0.39, 0.29) is 5.54 Å². The minimum absolute atomic E-state index is 0.239. The Kier molecular flexibility index (Phi) is 2.65. The second-order valence-corrected chi connectivity index (χ2v) is 7.13. The van der Waals surface area contributed by atoms with E-state index in [1.807, 2.05) is 0 Å². The largest absolute Gasteiger partial charge is 0.325 e. The lowest BCUT2D eigenvalue weighted by Crippen LogP contribution is -2.38. The molecule has 1 nitrogen and oxygen atoms in total. The quantitative estimate of drug-likeness (QED) is 0.702. The molecule has 2 N–H and O–H groups in total. The van der Waals surface area contributed by atoms with Crippen molar-refractivity contribution >= 4 is 0 Å². The Hall–Kier alpha value is -0.0400. The summed E-state index contributed by atoms with van der Waals surface area (Å²) in [4.78, 5) is 0. The number of hydrogen-bond donors (Lipinski definition) is 1. The third-order valence-corrected chi connectivity index (χ3v) is 5.13. The van der Waals surface area contributed by atoms with Crippen LogP contribution in [-0.2, 0) is 0 Å². The maximum atomic E-state index is 6.42. The van der Waals surface area contributed by atoms with Gasteiger partial charge in [0.05, 0.1) is 0 Å². The Morgan fingerprint density at radius 1 is 1.07 bits per heavy atom. The molecule has 2 aliphatic rings. The Balaban J connectivity index is 1.88. The van der Waals surface area contributed by atoms with Crippen molar-refractivity contribution < 1.29 is 0 Å². The first-order valence-corrected chi connectivity index (χ1v) is 6.63. The van der Waals surface area contributed by atoms with Crippen molar-refractivity contribution in [1.29, 1.82) is 0 Å². The summed E-state index contributed by atoms with van der Waals surface area (Å²) in [5.41, 5.74) is 7.16. The molecule has 2 unspecified atom stereocenters. The van der Waals surface area contributed by atoms with Gasteiger partial charge in [0.1, 0.15) is 0 Å². The zero-order valence-electron chi connectivity index (χ0n) is 10.8. The Morgan fingerprint density at radius 2 is 1.53 bits per heavy atom. The maximum absolute atomic E-state index is 6.42. The summed E-state index contributed by atoms with van der Waals surface area (Å²) >= 11 is 0. The average molecular weight is 209 g/mol. The normalized spacial score (nSPS) is 46.6. The van der Waals surface area contributed by atoms with Crippen LogP contribution in [0.5, 0.6) is 0 Å². The molecule has 1 heteroatoms. The van der Waals surface area contributed by atoms with Gasteiger partial charge in [-0.2, -0.15) is 0 Å². The Morgan fingerprint density at radius 3 is 1.87 bits per heavy atom. The molecule has 0 amide bonds. The van der Waals surface area contributed by atoms with E-state index < -0.39 is 0 Å². The van der Waals surface area contributed by atoms with Gasteiger partial charge in [-0.15, -0.1) is 0 Å². The summed E-state index contributed by atoms with van der Waals surface area (Å²) in [7, 11) is 0. The zero-order chi connectivity index (χ0) is 11.3. The topological polar surface area (TPSA) is 26.0 Å². The summed E-state index contributed by atoms with van der Waals surface area (Å²) in [6, 6.07) is 0. The highest BCUT2D eigenvalue weighted by Gasteiger charge is 2.53. The van der Waals surface area contributed by atoms with E-state index in [1.165, 1.54) is 32.1 Å². The van der Waals surface area contributed by atoms with E-state index in [4.69, 9.17) is 5.73 Å². The van der Waals surface area contributed by atoms with Crippen LogP contribution in [-0.4, -0.2) is 5.54 Å². The molecular formula is C14H27N. The van der Waals surface area contributed by atoms with Gasteiger partial charge in [0.15, 0.2) is 0 Å². The molecule has 2 fully saturated rings. The van der Waals surface area contributed by atoms with Gasteiger partial charge >= 0.3 is 0 Å². The van der Waals surface area contributed by atoms with E-state index in [1.54, 1.807) is 0 Å². The molecule has 0 aromatic rings. The minimum atomic E-state index is 0.239. The predicted molar refractivity (Wildman–Crippen MR) is 65.6 cm³/mol. The molecule has 0 heterocycles. The fraction of sp³-hybridized carbons (Fsp3) is 1.00. The lowest BCUT2D eigenvalue weighted by molar-refractivity contribution is 0.133. The molecule has 0 aromatic carbocycles. The van der Waals surface area contributed by atoms with Gasteiger partial charge in [0.25, 0.3) is 0 Å². The van der Waals surface area contributed by atoms with Crippen LogP contribution < -0.4 is 5.73 Å². The second-order valence-electron chi connectivity index (χ2n) is 7.13. The molecule has 0 aliphatic heterocycles. The van der Waals surface area contributed by atoms with Crippen molar-refractivity contribution in [2.75, 3.05) is 0 Å². The average Bonchev–Trinajstić information content (AvgIpc) is 2.75.